The minimum absolute atomic E-state index is 0. The minimum Gasteiger partial charge on any atom is -0.907 e. The predicted molar refractivity (Wildman–Crippen MR) is 23.0 cm³/mol. The average Bonchev–Trinajstić information content (AvgIpc) is 1.25. The molecule has 10 heteroatoms. The van der Waals surface area contributed by atoms with Crippen LogP contribution in [0.3, 0.4) is 0 Å². The van der Waals surface area contributed by atoms with E-state index in [9.17, 15) is 0 Å². The van der Waals surface area contributed by atoms with Gasteiger partial charge in [-0.15, -0.1) is 0 Å². The van der Waals surface area contributed by atoms with Crippen molar-refractivity contribution in [2.24, 2.45) is 0 Å². The van der Waals surface area contributed by atoms with Crippen molar-refractivity contribution in [2.45, 2.75) is 0 Å². The van der Waals surface area contributed by atoms with Gasteiger partial charge in [0, 0.05) is 0 Å². The smallest absolute Gasteiger partial charge is 0.907 e. The van der Waals surface area contributed by atoms with Crippen molar-refractivity contribution in [3.63, 3.8) is 0 Å². The van der Waals surface area contributed by atoms with Crippen molar-refractivity contribution in [2.75, 3.05) is 0 Å². The molecule has 0 aromatic heterocycles. The van der Waals surface area contributed by atoms with Crippen LogP contribution in [0.2, 0.25) is 0 Å². The van der Waals surface area contributed by atoms with Gasteiger partial charge in [-0.25, -0.2) is 0 Å². The molecule has 0 aromatic carbocycles. The summed E-state index contributed by atoms with van der Waals surface area (Å²) < 4.78 is 0. The Labute approximate surface area is 79.7 Å². The summed E-state index contributed by atoms with van der Waals surface area (Å²) in [4.78, 5) is 0. The van der Waals surface area contributed by atoms with Crippen LogP contribution in [-0.2, 0) is 0 Å². The van der Waals surface area contributed by atoms with E-state index in [1.54, 1.807) is 0 Å². The first-order valence-corrected chi connectivity index (χ1v) is 1.41. The summed E-state index contributed by atoms with van der Waals surface area (Å²) >= 11 is 0. The molecule has 0 aliphatic rings. The van der Waals surface area contributed by atoms with Crippen LogP contribution in [0, 0.1) is 0 Å². The van der Waals surface area contributed by atoms with Crippen LogP contribution >= 0.6 is 0 Å². The van der Waals surface area contributed by atoms with E-state index in [4.69, 9.17) is 30.1 Å². The summed E-state index contributed by atoms with van der Waals surface area (Å²) in [5.74, 6) is 0. The monoisotopic (exact) mass is 172 g/mol. The third kappa shape index (κ3) is 622. The van der Waals surface area contributed by atoms with Gasteiger partial charge in [0.1, 0.15) is 0 Å². The van der Waals surface area contributed by atoms with Gasteiger partial charge in [-0.2, -0.15) is 0 Å². The molecule has 0 saturated heterocycles. The normalized spacial score (nSPS) is 5.40. The second kappa shape index (κ2) is 16.5. The van der Waals surface area contributed by atoms with Gasteiger partial charge in [-0.05, 0) is 0 Å². The molecule has 0 spiro atoms. The molecular formula is Al2B2O6. The second-order valence-corrected chi connectivity index (χ2v) is 0.577. The van der Waals surface area contributed by atoms with Crippen LogP contribution in [0.25, 0.3) is 0 Å². The standard InChI is InChI=1S/2Al.2BO3/c;;2*2-1(3)4/q2*+3;2*-3. The maximum Gasteiger partial charge on any atom is 3.00 e. The van der Waals surface area contributed by atoms with E-state index >= 15 is 0 Å². The zero-order valence-corrected chi connectivity index (χ0v) is 7.07. The third-order valence-corrected chi connectivity index (χ3v) is 0. The molecule has 48 valence electrons. The van der Waals surface area contributed by atoms with E-state index < -0.39 is 14.6 Å². The van der Waals surface area contributed by atoms with Gasteiger partial charge in [0.05, 0.1) is 0 Å². The minimum atomic E-state index is -2.92. The Bertz CT molecular complexity index is 29.2. The maximum atomic E-state index is 8.42. The molecule has 0 heterocycles. The Hall–Kier alpha value is 0.955. The van der Waals surface area contributed by atoms with Crippen molar-refractivity contribution in [3.8, 4) is 0 Å². The molecule has 0 saturated carbocycles. The Balaban J connectivity index is -0.0000000300. The molecule has 0 fully saturated rings. The van der Waals surface area contributed by atoms with Gasteiger partial charge < -0.3 is 30.1 Å². The fourth-order valence-corrected chi connectivity index (χ4v) is 0. The Morgan fingerprint density at radius 1 is 0.500 bits per heavy atom. The molecule has 0 N–H and O–H groups in total. The number of hydrogen-bond acceptors (Lipinski definition) is 6. The average molecular weight is 172 g/mol. The fraction of sp³-hybridized carbons (Fsp3) is 0. The Morgan fingerprint density at radius 3 is 0.500 bits per heavy atom. The van der Waals surface area contributed by atoms with Crippen LogP contribution in [-0.4, -0.2) is 49.4 Å². The van der Waals surface area contributed by atoms with Gasteiger partial charge in [0.25, 0.3) is 0 Å². The van der Waals surface area contributed by atoms with E-state index in [1.807, 2.05) is 0 Å². The summed E-state index contributed by atoms with van der Waals surface area (Å²) in [6.45, 7) is 0. The van der Waals surface area contributed by atoms with Crippen molar-refractivity contribution in [1.82, 2.24) is 0 Å². The van der Waals surface area contributed by atoms with Crippen LogP contribution in [0.4, 0.5) is 0 Å². The van der Waals surface area contributed by atoms with Crippen LogP contribution in [0.15, 0.2) is 0 Å². The largest absolute Gasteiger partial charge is 3.00 e. The Kier molecular flexibility index (Phi) is 37.0. The topological polar surface area (TPSA) is 138 Å². The van der Waals surface area contributed by atoms with Gasteiger partial charge in [-0.3, -0.25) is 14.6 Å². The van der Waals surface area contributed by atoms with Crippen LogP contribution in [0.1, 0.15) is 0 Å². The summed E-state index contributed by atoms with van der Waals surface area (Å²) in [5.41, 5.74) is 0. The zero-order chi connectivity index (χ0) is 7.15. The molecule has 0 unspecified atom stereocenters. The third-order valence-electron chi connectivity index (χ3n) is 0. The van der Waals surface area contributed by atoms with Gasteiger partial charge in [0.15, 0.2) is 0 Å². The maximum absolute atomic E-state index is 8.42. The number of rotatable bonds is 0. The molecule has 0 aliphatic carbocycles. The quantitative estimate of drug-likeness (QED) is 0.332. The molecule has 0 aromatic rings. The van der Waals surface area contributed by atoms with Crippen molar-refractivity contribution < 1.29 is 30.1 Å². The SMILES string of the molecule is [Al+3].[Al+3].[O-]B([O-])[O-].[O-]B([O-])[O-]. The molecule has 0 rings (SSSR count). The molecular weight excluding hydrogens is 172 g/mol. The first kappa shape index (κ1) is 22.4. The van der Waals surface area contributed by atoms with Gasteiger partial charge in [0.2, 0.25) is 0 Å². The summed E-state index contributed by atoms with van der Waals surface area (Å²) in [6.07, 6.45) is 0. The molecule has 10 heavy (non-hydrogen) atoms. The van der Waals surface area contributed by atoms with E-state index in [0.717, 1.165) is 0 Å². The van der Waals surface area contributed by atoms with E-state index in [2.05, 4.69) is 0 Å². The first-order valence-electron chi connectivity index (χ1n) is 1.41. The fourth-order valence-electron chi connectivity index (χ4n) is 0. The Morgan fingerprint density at radius 2 is 0.500 bits per heavy atom. The predicted octanol–water partition coefficient (Wildman–Crippen LogP) is -8.66. The van der Waals surface area contributed by atoms with E-state index in [-0.39, 0.29) is 34.7 Å². The molecule has 0 atom stereocenters. The summed E-state index contributed by atoms with van der Waals surface area (Å²) in [6, 6.07) is 0. The molecule has 0 aliphatic heterocycles. The summed E-state index contributed by atoms with van der Waals surface area (Å²) in [7, 11) is -5.83. The second-order valence-electron chi connectivity index (χ2n) is 0.577. The van der Waals surface area contributed by atoms with E-state index in [1.165, 1.54) is 0 Å². The number of hydrogen-bond donors (Lipinski definition) is 0. The first-order chi connectivity index (χ1) is 3.46. The van der Waals surface area contributed by atoms with Crippen molar-refractivity contribution >= 4 is 49.4 Å². The molecule has 0 bridgehead atoms. The molecule has 0 radical (unpaired) electrons. The van der Waals surface area contributed by atoms with Gasteiger partial charge >= 0.3 is 34.7 Å². The molecule has 6 nitrogen and oxygen atoms in total. The van der Waals surface area contributed by atoms with E-state index in [0.29, 0.717) is 0 Å². The molecule has 0 amide bonds. The van der Waals surface area contributed by atoms with Crippen LogP contribution < -0.4 is 30.1 Å². The van der Waals surface area contributed by atoms with Crippen molar-refractivity contribution in [3.05, 3.63) is 0 Å². The summed E-state index contributed by atoms with van der Waals surface area (Å²) in [5, 5.41) is 50.5. The van der Waals surface area contributed by atoms with Crippen LogP contribution in [0.5, 0.6) is 0 Å². The zero-order valence-electron chi connectivity index (χ0n) is 4.76. The van der Waals surface area contributed by atoms with Crippen molar-refractivity contribution in [1.29, 1.82) is 0 Å². The van der Waals surface area contributed by atoms with Gasteiger partial charge in [-0.1, -0.05) is 0 Å².